The number of sulfonamides is 1. The number of carbonyl (C=O) groups is 1. The summed E-state index contributed by atoms with van der Waals surface area (Å²) in [7, 11) is -3.59. The van der Waals surface area contributed by atoms with Gasteiger partial charge in [-0.1, -0.05) is 30.3 Å². The second-order valence-electron chi connectivity index (χ2n) is 6.54. The average Bonchev–Trinajstić information content (AvgIpc) is 2.70. The highest BCUT2D eigenvalue weighted by Gasteiger charge is 2.33. The van der Waals surface area contributed by atoms with E-state index in [0.29, 0.717) is 31.5 Å². The van der Waals surface area contributed by atoms with Crippen LogP contribution in [0.15, 0.2) is 59.5 Å². The van der Waals surface area contributed by atoms with Crippen LogP contribution < -0.4 is 5.32 Å². The largest absolute Gasteiger partial charge is 0.326 e. The number of carbonyl (C=O) groups excluding carboxylic acids is 1. The van der Waals surface area contributed by atoms with Crippen LogP contribution in [0.2, 0.25) is 0 Å². The fraction of sp³-hybridized carbons (Fsp3) is 0.300. The first-order chi connectivity index (χ1) is 13.0. The lowest BCUT2D eigenvalue weighted by Gasteiger charge is -2.31. The van der Waals surface area contributed by atoms with Crippen molar-refractivity contribution in [2.45, 2.75) is 24.2 Å². The van der Waals surface area contributed by atoms with Gasteiger partial charge in [0.05, 0.1) is 23.3 Å². The zero-order chi connectivity index (χ0) is 19.3. The molecule has 0 aromatic heterocycles. The molecule has 3 rings (SSSR count). The van der Waals surface area contributed by atoms with E-state index in [1.54, 1.807) is 54.6 Å². The van der Waals surface area contributed by atoms with Gasteiger partial charge in [-0.2, -0.15) is 9.57 Å². The average molecular weight is 383 g/mol. The summed E-state index contributed by atoms with van der Waals surface area (Å²) in [6, 6.07) is 17.5. The molecule has 1 aliphatic rings. The maximum absolute atomic E-state index is 12.8. The summed E-state index contributed by atoms with van der Waals surface area (Å²) in [5.41, 5.74) is 1.53. The summed E-state index contributed by atoms with van der Waals surface area (Å²) in [6.07, 6.45) is 1.62. The Balaban J connectivity index is 1.67. The van der Waals surface area contributed by atoms with Crippen LogP contribution in [0.4, 0.5) is 5.69 Å². The molecule has 0 spiro atoms. The molecule has 0 unspecified atom stereocenters. The molecule has 0 aliphatic carbocycles. The predicted molar refractivity (Wildman–Crippen MR) is 102 cm³/mol. The summed E-state index contributed by atoms with van der Waals surface area (Å²) in [6.45, 7) is 0.597. The summed E-state index contributed by atoms with van der Waals surface area (Å²) in [5, 5.41) is 11.6. The van der Waals surface area contributed by atoms with Crippen LogP contribution in [0.25, 0.3) is 0 Å². The number of nitriles is 1. The van der Waals surface area contributed by atoms with Crippen molar-refractivity contribution in [1.82, 2.24) is 4.31 Å². The minimum absolute atomic E-state index is 0.176. The zero-order valence-electron chi connectivity index (χ0n) is 14.8. The van der Waals surface area contributed by atoms with Crippen molar-refractivity contribution in [2.75, 3.05) is 18.4 Å². The molecule has 0 bridgehead atoms. The van der Waals surface area contributed by atoms with E-state index in [1.807, 2.05) is 0 Å². The van der Waals surface area contributed by atoms with Gasteiger partial charge in [0.1, 0.15) is 0 Å². The van der Waals surface area contributed by atoms with Gasteiger partial charge in [-0.15, -0.1) is 0 Å². The van der Waals surface area contributed by atoms with Crippen LogP contribution >= 0.6 is 0 Å². The molecule has 1 heterocycles. The van der Waals surface area contributed by atoms with Crippen LogP contribution in [0.1, 0.15) is 18.4 Å². The molecule has 1 fully saturated rings. The smallest absolute Gasteiger partial charge is 0.243 e. The van der Waals surface area contributed by atoms with Gasteiger partial charge in [0.15, 0.2) is 0 Å². The second-order valence-corrected chi connectivity index (χ2v) is 8.47. The number of piperidine rings is 1. The molecule has 0 radical (unpaired) electrons. The van der Waals surface area contributed by atoms with Crippen LogP contribution in [0.5, 0.6) is 0 Å². The van der Waals surface area contributed by atoms with Crippen molar-refractivity contribution in [3.8, 4) is 6.07 Å². The number of amides is 1. The van der Waals surface area contributed by atoms with E-state index in [2.05, 4.69) is 11.4 Å². The van der Waals surface area contributed by atoms with Crippen LogP contribution in [-0.2, 0) is 21.2 Å². The Labute approximate surface area is 159 Å². The highest BCUT2D eigenvalue weighted by molar-refractivity contribution is 7.89. The highest BCUT2D eigenvalue weighted by atomic mass is 32.2. The quantitative estimate of drug-likeness (QED) is 0.860. The van der Waals surface area contributed by atoms with Gasteiger partial charge in [0, 0.05) is 18.8 Å². The fourth-order valence-electron chi connectivity index (χ4n) is 3.16. The van der Waals surface area contributed by atoms with Gasteiger partial charge in [-0.3, -0.25) is 4.79 Å². The zero-order valence-corrected chi connectivity index (χ0v) is 15.7. The van der Waals surface area contributed by atoms with E-state index in [0.717, 1.165) is 5.56 Å². The molecule has 140 valence electrons. The van der Waals surface area contributed by atoms with E-state index >= 15 is 0 Å². The number of anilines is 1. The van der Waals surface area contributed by atoms with Gasteiger partial charge in [0.2, 0.25) is 15.9 Å². The molecule has 1 atom stereocenters. The van der Waals surface area contributed by atoms with Crippen LogP contribution in [0.3, 0.4) is 0 Å². The SMILES string of the molecule is N#CCc1ccc(NC(=O)[C@@H]2CCCN(S(=O)(=O)c3ccccc3)C2)cc1. The number of hydrogen-bond acceptors (Lipinski definition) is 4. The van der Waals surface area contributed by atoms with E-state index in [1.165, 1.54) is 4.31 Å². The lowest BCUT2D eigenvalue weighted by atomic mass is 9.98. The molecule has 1 amide bonds. The van der Waals surface area contributed by atoms with Gasteiger partial charge in [-0.05, 0) is 42.7 Å². The van der Waals surface area contributed by atoms with Crippen molar-refractivity contribution in [2.24, 2.45) is 5.92 Å². The third kappa shape index (κ3) is 4.54. The van der Waals surface area contributed by atoms with Crippen molar-refractivity contribution in [3.05, 3.63) is 60.2 Å². The highest BCUT2D eigenvalue weighted by Crippen LogP contribution is 2.24. The van der Waals surface area contributed by atoms with Crippen molar-refractivity contribution >= 4 is 21.6 Å². The molecule has 7 heteroatoms. The summed E-state index contributed by atoms with van der Waals surface area (Å²) < 4.78 is 27.0. The Morgan fingerprint density at radius 1 is 1.15 bits per heavy atom. The van der Waals surface area contributed by atoms with Gasteiger partial charge in [-0.25, -0.2) is 8.42 Å². The van der Waals surface area contributed by atoms with E-state index in [-0.39, 0.29) is 17.3 Å². The summed E-state index contributed by atoms with van der Waals surface area (Å²) in [5.74, 6) is -0.577. The fourth-order valence-corrected chi connectivity index (χ4v) is 4.70. The van der Waals surface area contributed by atoms with E-state index in [4.69, 9.17) is 5.26 Å². The number of hydrogen-bond donors (Lipinski definition) is 1. The minimum Gasteiger partial charge on any atom is -0.326 e. The van der Waals surface area contributed by atoms with Gasteiger partial charge in [0.25, 0.3) is 0 Å². The maximum atomic E-state index is 12.8. The Kier molecular flexibility index (Phi) is 5.89. The van der Waals surface area contributed by atoms with Gasteiger partial charge >= 0.3 is 0 Å². The third-order valence-electron chi connectivity index (χ3n) is 4.64. The number of rotatable bonds is 5. The second kappa shape index (κ2) is 8.33. The first kappa shape index (κ1) is 19.1. The first-order valence-corrected chi connectivity index (χ1v) is 10.3. The van der Waals surface area contributed by atoms with Gasteiger partial charge < -0.3 is 5.32 Å². The minimum atomic E-state index is -3.59. The lowest BCUT2D eigenvalue weighted by Crippen LogP contribution is -2.43. The molecule has 1 saturated heterocycles. The molecule has 2 aromatic carbocycles. The van der Waals surface area contributed by atoms with Crippen molar-refractivity contribution in [1.29, 1.82) is 5.26 Å². The molecule has 1 aliphatic heterocycles. The topological polar surface area (TPSA) is 90.3 Å². The van der Waals surface area contributed by atoms with Crippen molar-refractivity contribution in [3.63, 3.8) is 0 Å². The molecular weight excluding hydrogens is 362 g/mol. The Hall–Kier alpha value is -2.69. The van der Waals surface area contributed by atoms with E-state index in [9.17, 15) is 13.2 Å². The standard InChI is InChI=1S/C20H21N3O3S/c21-13-12-16-8-10-18(11-9-16)22-20(24)17-5-4-14-23(15-17)27(25,26)19-6-2-1-3-7-19/h1-3,6-11,17H,4-5,12,14-15H2,(H,22,24)/t17-/m1/s1. The molecule has 6 nitrogen and oxygen atoms in total. The summed E-state index contributed by atoms with van der Waals surface area (Å²) >= 11 is 0. The predicted octanol–water partition coefficient (Wildman–Crippen LogP) is 2.79. The summed E-state index contributed by atoms with van der Waals surface area (Å²) in [4.78, 5) is 12.9. The Bertz CT molecular complexity index is 935. The number of benzene rings is 2. The van der Waals surface area contributed by atoms with Crippen LogP contribution in [0, 0.1) is 17.2 Å². The third-order valence-corrected chi connectivity index (χ3v) is 6.52. The normalized spacial score (nSPS) is 17.8. The van der Waals surface area contributed by atoms with E-state index < -0.39 is 15.9 Å². The molecule has 27 heavy (non-hydrogen) atoms. The number of nitrogens with zero attached hydrogens (tertiary/aromatic N) is 2. The molecule has 0 saturated carbocycles. The Morgan fingerprint density at radius 2 is 1.85 bits per heavy atom. The monoisotopic (exact) mass is 383 g/mol. The Morgan fingerprint density at radius 3 is 2.52 bits per heavy atom. The molecule has 2 aromatic rings. The first-order valence-electron chi connectivity index (χ1n) is 8.82. The lowest BCUT2D eigenvalue weighted by molar-refractivity contribution is -0.120. The van der Waals surface area contributed by atoms with Crippen LogP contribution in [-0.4, -0.2) is 31.7 Å². The maximum Gasteiger partial charge on any atom is 0.243 e. The molecular formula is C20H21N3O3S. The molecule has 1 N–H and O–H groups in total. The van der Waals surface area contributed by atoms with Crippen molar-refractivity contribution < 1.29 is 13.2 Å². The number of nitrogens with one attached hydrogen (secondary N) is 1.